The number of carbonyl (C=O) groups excluding carboxylic acids is 2. The summed E-state index contributed by atoms with van der Waals surface area (Å²) in [6, 6.07) is 18.4. The van der Waals surface area contributed by atoms with Gasteiger partial charge in [0.25, 0.3) is 5.91 Å². The molecular formula is C30H38N4O2S. The highest BCUT2D eigenvalue weighted by atomic mass is 32.1. The summed E-state index contributed by atoms with van der Waals surface area (Å²) in [4.78, 5) is 34.5. The Morgan fingerprint density at radius 1 is 1.03 bits per heavy atom. The lowest BCUT2D eigenvalue weighted by Crippen LogP contribution is -2.40. The molecule has 1 saturated heterocycles. The molecule has 3 amide bonds. The number of piperidine rings is 1. The highest BCUT2D eigenvalue weighted by Gasteiger charge is 2.26. The summed E-state index contributed by atoms with van der Waals surface area (Å²) in [5.74, 6) is 1.04. The van der Waals surface area contributed by atoms with E-state index < -0.39 is 0 Å². The highest BCUT2D eigenvalue weighted by molar-refractivity contribution is 7.09. The van der Waals surface area contributed by atoms with Gasteiger partial charge in [-0.25, -0.2) is 9.78 Å². The third-order valence-electron chi connectivity index (χ3n) is 7.06. The second-order valence-corrected chi connectivity index (χ2v) is 11.4. The first kappa shape index (κ1) is 26.9. The van der Waals surface area contributed by atoms with Crippen LogP contribution in [0.5, 0.6) is 0 Å². The van der Waals surface area contributed by atoms with Gasteiger partial charge in [0.05, 0.1) is 6.54 Å². The maximum Gasteiger partial charge on any atom is 0.322 e. The van der Waals surface area contributed by atoms with E-state index in [9.17, 15) is 9.59 Å². The molecule has 0 atom stereocenters. The first-order chi connectivity index (χ1) is 17.8. The van der Waals surface area contributed by atoms with Crippen LogP contribution >= 0.6 is 11.3 Å². The Labute approximate surface area is 224 Å². The minimum absolute atomic E-state index is 0.00791. The van der Waals surface area contributed by atoms with Gasteiger partial charge in [-0.2, -0.15) is 0 Å². The molecule has 0 aliphatic carbocycles. The maximum absolute atomic E-state index is 13.1. The van der Waals surface area contributed by atoms with E-state index in [1.54, 1.807) is 4.90 Å². The second-order valence-electron chi connectivity index (χ2n) is 10.5. The Kier molecular flexibility index (Phi) is 8.98. The molecule has 0 radical (unpaired) electrons. The van der Waals surface area contributed by atoms with Gasteiger partial charge >= 0.3 is 6.03 Å². The number of thiazole rings is 1. The maximum atomic E-state index is 13.1. The Bertz CT molecular complexity index is 1170. The van der Waals surface area contributed by atoms with Gasteiger partial charge in [-0.05, 0) is 68.2 Å². The molecule has 1 N–H and O–H groups in total. The van der Waals surface area contributed by atoms with E-state index in [-0.39, 0.29) is 18.0 Å². The van der Waals surface area contributed by atoms with Crippen molar-refractivity contribution < 1.29 is 9.59 Å². The summed E-state index contributed by atoms with van der Waals surface area (Å²) in [5, 5.41) is 5.59. The van der Waals surface area contributed by atoms with Crippen molar-refractivity contribution in [3.8, 4) is 0 Å². The molecule has 7 heteroatoms. The molecule has 0 saturated carbocycles. The molecule has 2 aromatic carbocycles. The normalized spacial score (nSPS) is 14.3. The minimum Gasteiger partial charge on any atom is -0.337 e. The van der Waals surface area contributed by atoms with E-state index in [0.717, 1.165) is 43.0 Å². The predicted octanol–water partition coefficient (Wildman–Crippen LogP) is 6.80. The van der Waals surface area contributed by atoms with Crippen LogP contribution in [0.25, 0.3) is 0 Å². The lowest BCUT2D eigenvalue weighted by molar-refractivity contribution is 0.0685. The zero-order valence-corrected chi connectivity index (χ0v) is 23.1. The summed E-state index contributed by atoms with van der Waals surface area (Å²) < 4.78 is 0. The number of aromatic nitrogens is 1. The van der Waals surface area contributed by atoms with Crippen LogP contribution in [0, 0.1) is 5.92 Å². The van der Waals surface area contributed by atoms with Crippen molar-refractivity contribution in [2.75, 3.05) is 18.4 Å². The number of nitrogens with zero attached hydrogens (tertiary/aromatic N) is 3. The van der Waals surface area contributed by atoms with Crippen molar-refractivity contribution in [3.63, 3.8) is 0 Å². The SMILES string of the molecule is CC(C)c1ccc(NC(=O)N(Cc2nc(C(=O)N3CCC(Cc4ccccc4)CC3)cs2)C(C)C)cc1. The Hall–Kier alpha value is -3.19. The average Bonchev–Trinajstić information content (AvgIpc) is 3.37. The molecular weight excluding hydrogens is 480 g/mol. The van der Waals surface area contributed by atoms with E-state index >= 15 is 0 Å². The molecule has 0 unspecified atom stereocenters. The molecule has 0 bridgehead atoms. The van der Waals surface area contributed by atoms with Crippen molar-refractivity contribution in [2.45, 2.75) is 65.5 Å². The zero-order valence-electron chi connectivity index (χ0n) is 22.3. The Balaban J connectivity index is 1.32. The van der Waals surface area contributed by atoms with Crippen LogP contribution in [0.1, 0.15) is 73.1 Å². The number of hydrogen-bond donors (Lipinski definition) is 1. The zero-order chi connectivity index (χ0) is 26.4. The van der Waals surface area contributed by atoms with Crippen LogP contribution < -0.4 is 5.32 Å². The molecule has 4 rings (SSSR count). The van der Waals surface area contributed by atoms with Crippen LogP contribution in [0.15, 0.2) is 60.0 Å². The number of hydrogen-bond acceptors (Lipinski definition) is 4. The molecule has 2 heterocycles. The van der Waals surface area contributed by atoms with Crippen LogP contribution in [0.3, 0.4) is 0 Å². The van der Waals surface area contributed by atoms with Gasteiger partial charge in [0.15, 0.2) is 0 Å². The van der Waals surface area contributed by atoms with Crippen molar-refractivity contribution in [3.05, 3.63) is 81.8 Å². The number of urea groups is 1. The van der Waals surface area contributed by atoms with Gasteiger partial charge in [-0.3, -0.25) is 4.79 Å². The largest absolute Gasteiger partial charge is 0.337 e. The number of rotatable bonds is 8. The molecule has 0 spiro atoms. The van der Waals surface area contributed by atoms with E-state index in [1.807, 2.05) is 54.5 Å². The first-order valence-corrected chi connectivity index (χ1v) is 14.1. The molecule has 3 aromatic rings. The van der Waals surface area contributed by atoms with Gasteiger partial charge in [-0.15, -0.1) is 11.3 Å². The van der Waals surface area contributed by atoms with E-state index in [2.05, 4.69) is 48.4 Å². The predicted molar refractivity (Wildman–Crippen MR) is 151 cm³/mol. The third kappa shape index (κ3) is 7.19. The van der Waals surface area contributed by atoms with Crippen molar-refractivity contribution in [2.24, 2.45) is 5.92 Å². The average molecular weight is 519 g/mol. The fourth-order valence-corrected chi connectivity index (χ4v) is 5.48. The van der Waals surface area contributed by atoms with Gasteiger partial charge in [0.1, 0.15) is 10.7 Å². The summed E-state index contributed by atoms with van der Waals surface area (Å²) >= 11 is 1.44. The molecule has 1 aromatic heterocycles. The van der Waals surface area contributed by atoms with E-state index in [4.69, 9.17) is 0 Å². The van der Waals surface area contributed by atoms with E-state index in [1.165, 1.54) is 22.5 Å². The van der Waals surface area contributed by atoms with Crippen LogP contribution in [-0.4, -0.2) is 45.9 Å². The fraction of sp³-hybridized carbons (Fsp3) is 0.433. The number of likely N-dealkylation sites (tertiary alicyclic amines) is 1. The van der Waals surface area contributed by atoms with Crippen LogP contribution in [-0.2, 0) is 13.0 Å². The molecule has 6 nitrogen and oxygen atoms in total. The van der Waals surface area contributed by atoms with Crippen LogP contribution in [0.2, 0.25) is 0 Å². The van der Waals surface area contributed by atoms with Gasteiger partial charge < -0.3 is 15.1 Å². The lowest BCUT2D eigenvalue weighted by atomic mass is 9.90. The number of nitrogens with one attached hydrogen (secondary N) is 1. The number of benzene rings is 2. The first-order valence-electron chi connectivity index (χ1n) is 13.3. The molecule has 1 aliphatic heterocycles. The van der Waals surface area contributed by atoms with Crippen molar-refractivity contribution in [1.82, 2.24) is 14.8 Å². The topological polar surface area (TPSA) is 65.5 Å². The minimum atomic E-state index is -0.170. The quantitative estimate of drug-likeness (QED) is 0.356. The summed E-state index contributed by atoms with van der Waals surface area (Å²) in [5.41, 5.74) is 3.85. The fourth-order valence-electron chi connectivity index (χ4n) is 4.71. The molecule has 37 heavy (non-hydrogen) atoms. The van der Waals surface area contributed by atoms with Gasteiger partial charge in [0.2, 0.25) is 0 Å². The standard InChI is InChI=1S/C30H38N4O2S/c1-21(2)25-10-12-26(13-11-25)31-30(36)34(22(3)4)19-28-32-27(20-37-28)29(35)33-16-14-24(15-17-33)18-23-8-6-5-7-9-23/h5-13,20-22,24H,14-19H2,1-4H3,(H,31,36). The molecule has 1 aliphatic rings. The highest BCUT2D eigenvalue weighted by Crippen LogP contribution is 2.24. The van der Waals surface area contributed by atoms with Gasteiger partial charge in [-0.1, -0.05) is 56.3 Å². The molecule has 196 valence electrons. The Morgan fingerprint density at radius 2 is 1.70 bits per heavy atom. The van der Waals surface area contributed by atoms with Gasteiger partial charge in [0, 0.05) is 30.2 Å². The number of carbonyl (C=O) groups is 2. The Morgan fingerprint density at radius 3 is 2.32 bits per heavy atom. The second kappa shape index (κ2) is 12.4. The van der Waals surface area contributed by atoms with Crippen molar-refractivity contribution in [1.29, 1.82) is 0 Å². The summed E-state index contributed by atoms with van der Waals surface area (Å²) in [6.45, 7) is 10.2. The van der Waals surface area contributed by atoms with E-state index in [0.29, 0.717) is 24.1 Å². The summed E-state index contributed by atoms with van der Waals surface area (Å²) in [6.07, 6.45) is 3.09. The summed E-state index contributed by atoms with van der Waals surface area (Å²) in [7, 11) is 0. The third-order valence-corrected chi connectivity index (χ3v) is 7.89. The molecule has 1 fully saturated rings. The number of anilines is 1. The smallest absolute Gasteiger partial charge is 0.322 e. The number of amides is 3. The van der Waals surface area contributed by atoms with Crippen LogP contribution in [0.4, 0.5) is 10.5 Å². The van der Waals surface area contributed by atoms with Crippen molar-refractivity contribution >= 4 is 29.0 Å². The monoisotopic (exact) mass is 518 g/mol. The lowest BCUT2D eigenvalue weighted by Gasteiger charge is -2.31.